The molecule has 0 atom stereocenters. The molecule has 0 fully saturated rings. The maximum atomic E-state index is 9.00. The van der Waals surface area contributed by atoms with Crippen LogP contribution < -0.4 is 5.11 Å². The van der Waals surface area contributed by atoms with E-state index in [-0.39, 0.29) is 0 Å². The Balaban J connectivity index is 2.80. The second-order valence-electron chi connectivity index (χ2n) is 0.0833. The fourth-order valence-corrected chi connectivity index (χ4v) is 0. The van der Waals surface area contributed by atoms with Crippen molar-refractivity contribution in [1.29, 1.82) is 0 Å². The molecule has 0 rings (SSSR count). The van der Waals surface area contributed by atoms with Gasteiger partial charge in [-0.3, -0.25) is 0 Å². The van der Waals surface area contributed by atoms with Crippen molar-refractivity contribution in [2.24, 2.45) is 0 Å². The molecule has 0 N–H and O–H groups in total. The zero-order valence-corrected chi connectivity index (χ0v) is 1.32. The zero-order valence-electron chi connectivity index (χ0n) is 1.32. The zero-order chi connectivity index (χ0) is 3.58. The largest absolute Gasteiger partial charge is 0.596 e. The van der Waals surface area contributed by atoms with Crippen LogP contribution >= 0.6 is 0 Å². The Bertz CT molecular complexity index is 29.0. The third-order valence-electron chi connectivity index (χ3n) is 0. The van der Waals surface area contributed by atoms with Crippen molar-refractivity contribution in [2.75, 3.05) is 0 Å². The SMILES string of the molecule is [BH3-]C(=O)[O-]. The van der Waals surface area contributed by atoms with Crippen LogP contribution in [0.2, 0.25) is 0 Å². The average molecular weight is 57.8 g/mol. The van der Waals surface area contributed by atoms with E-state index >= 15 is 0 Å². The van der Waals surface area contributed by atoms with Gasteiger partial charge in [-0.2, -0.15) is 0 Å². The monoisotopic (exact) mass is 58.0 g/mol. The molecule has 0 aliphatic heterocycles. The molecule has 0 saturated heterocycles. The third kappa shape index (κ3) is 2.03. The van der Waals surface area contributed by atoms with Crippen LogP contribution in [0, 0.1) is 0 Å². The summed E-state index contributed by atoms with van der Waals surface area (Å²) in [5.74, 6) is -0.833. The van der Waals surface area contributed by atoms with Crippen molar-refractivity contribution < 1.29 is 9.90 Å². The van der Waals surface area contributed by atoms with E-state index < -0.39 is 13.7 Å². The van der Waals surface area contributed by atoms with Crippen LogP contribution in [0.1, 0.15) is 0 Å². The van der Waals surface area contributed by atoms with Crippen LogP contribution in [-0.4, -0.2) is 13.7 Å². The molecule has 0 aromatic carbocycles. The minimum Gasteiger partial charge on any atom is -0.596 e. The van der Waals surface area contributed by atoms with Gasteiger partial charge in [0, 0.05) is 0 Å². The van der Waals surface area contributed by atoms with Crippen molar-refractivity contribution in [1.82, 2.24) is 0 Å². The van der Waals surface area contributed by atoms with Gasteiger partial charge in [0.05, 0.1) is 0 Å². The fraction of sp³-hybridized carbons (Fsp3) is 0. The molecule has 24 valence electrons. The second-order valence-corrected chi connectivity index (χ2v) is 0.0833. The van der Waals surface area contributed by atoms with E-state index in [9.17, 15) is 0 Å². The lowest BCUT2D eigenvalue weighted by Crippen LogP contribution is -2.18. The van der Waals surface area contributed by atoms with Gasteiger partial charge in [0.2, 0.25) is 0 Å². The van der Waals surface area contributed by atoms with Crippen molar-refractivity contribution >= 4 is 13.7 Å². The molecule has 0 heterocycles. The van der Waals surface area contributed by atoms with Gasteiger partial charge >= 0.3 is 0 Å². The topological polar surface area (TPSA) is 40.1 Å². The number of hydrogen-bond donors (Lipinski definition) is 0. The minimum atomic E-state index is -0.833. The lowest BCUT2D eigenvalue weighted by atomic mass is 10.2. The molecule has 4 heavy (non-hydrogen) atoms. The standard InChI is InChI=1S/CH4BO2/c2-1(3)4/h2H3,(H,3,4)/q-1/p-1. The molecule has 0 spiro atoms. The molecule has 0 aliphatic rings. The van der Waals surface area contributed by atoms with Crippen molar-refractivity contribution in [3.63, 3.8) is 0 Å². The first-order valence-electron chi connectivity index (χ1n) is 0.408. The lowest BCUT2D eigenvalue weighted by molar-refractivity contribution is -0.234. The summed E-state index contributed by atoms with van der Waals surface area (Å²) in [6, 6.07) is 0. The Morgan fingerprint density at radius 1 is 2.00 bits per heavy atom. The van der Waals surface area contributed by atoms with Gasteiger partial charge in [0.1, 0.15) is 0 Å². The van der Waals surface area contributed by atoms with Gasteiger partial charge in [-0.05, 0) is 7.85 Å². The van der Waals surface area contributed by atoms with Gasteiger partial charge in [0.25, 0.3) is 0 Å². The molecular weight excluding hydrogens is 54.8 g/mol. The first-order chi connectivity index (χ1) is 1.73. The average Bonchev–Trinajstić information content (AvgIpc) is 0.811. The molecule has 2 nitrogen and oxygen atoms in total. The highest BCUT2D eigenvalue weighted by Crippen LogP contribution is 1.31. The van der Waals surface area contributed by atoms with Crippen LogP contribution in [0.15, 0.2) is 0 Å². The Morgan fingerprint density at radius 3 is 2.00 bits per heavy atom. The summed E-state index contributed by atoms with van der Waals surface area (Å²) < 4.78 is 0. The highest BCUT2D eigenvalue weighted by Gasteiger charge is 1.36. The van der Waals surface area contributed by atoms with Crippen LogP contribution in [0.4, 0.5) is 4.79 Å². The second kappa shape index (κ2) is 0.929. The molecule has 0 bridgehead atoms. The van der Waals surface area contributed by atoms with Crippen LogP contribution in [-0.2, 0) is 0 Å². The van der Waals surface area contributed by atoms with Gasteiger partial charge in [-0.15, -0.1) is 5.87 Å². The molecule has 0 saturated carbocycles. The predicted molar refractivity (Wildman–Crippen MR) is 15.3 cm³/mol. The summed E-state index contributed by atoms with van der Waals surface area (Å²) in [6.07, 6.45) is 0. The lowest BCUT2D eigenvalue weighted by Gasteiger charge is -1.86. The summed E-state index contributed by atoms with van der Waals surface area (Å²) in [5, 5.41) is 9.00. The third-order valence-corrected chi connectivity index (χ3v) is 0. The van der Waals surface area contributed by atoms with Gasteiger partial charge in [0.15, 0.2) is 0 Å². The Morgan fingerprint density at radius 2 is 2.00 bits per heavy atom. The van der Waals surface area contributed by atoms with Crippen LogP contribution in [0.25, 0.3) is 0 Å². The van der Waals surface area contributed by atoms with Crippen LogP contribution in [0.5, 0.6) is 0 Å². The molecular formula is CH3BO2-2. The molecule has 3 heteroatoms. The van der Waals surface area contributed by atoms with Crippen molar-refractivity contribution in [3.05, 3.63) is 0 Å². The van der Waals surface area contributed by atoms with E-state index in [1.165, 1.54) is 0 Å². The summed E-state index contributed by atoms with van der Waals surface area (Å²) >= 11 is 0. The molecule has 0 aromatic rings. The highest BCUT2D eigenvalue weighted by atomic mass is 16.4. The predicted octanol–water partition coefficient (Wildman–Crippen LogP) is -2.30. The van der Waals surface area contributed by atoms with Crippen molar-refractivity contribution in [2.45, 2.75) is 0 Å². The van der Waals surface area contributed by atoms with E-state index in [1.807, 2.05) is 0 Å². The summed E-state index contributed by atoms with van der Waals surface area (Å²) in [7, 11) is -0.500. The number of carbonyl (C=O) groups is 1. The van der Waals surface area contributed by atoms with E-state index in [1.54, 1.807) is 0 Å². The van der Waals surface area contributed by atoms with E-state index in [0.717, 1.165) is 0 Å². The van der Waals surface area contributed by atoms with Crippen LogP contribution in [0.3, 0.4) is 0 Å². The number of carboxylic acid groups (broad SMARTS) is 1. The number of rotatable bonds is 0. The van der Waals surface area contributed by atoms with E-state index in [0.29, 0.717) is 0 Å². The maximum absolute atomic E-state index is 9.00. The van der Waals surface area contributed by atoms with Crippen molar-refractivity contribution in [3.8, 4) is 0 Å². The quantitative estimate of drug-likeness (QED) is 0.294. The Hall–Kier alpha value is -0.465. The van der Waals surface area contributed by atoms with Gasteiger partial charge in [-0.25, -0.2) is 0 Å². The van der Waals surface area contributed by atoms with E-state index in [4.69, 9.17) is 9.90 Å². The number of carbonyl (C=O) groups excluding carboxylic acids is 1. The molecule has 0 radical (unpaired) electrons. The summed E-state index contributed by atoms with van der Waals surface area (Å²) in [6.45, 7) is 0. The smallest absolute Gasteiger partial charge is 0.00113 e. The molecule has 0 aliphatic carbocycles. The first kappa shape index (κ1) is 3.53. The van der Waals surface area contributed by atoms with E-state index in [2.05, 4.69) is 0 Å². The fourth-order valence-electron chi connectivity index (χ4n) is 0. The Kier molecular flexibility index (Phi) is 0.821. The first-order valence-corrected chi connectivity index (χ1v) is 0.408. The summed E-state index contributed by atoms with van der Waals surface area (Å²) in [5.41, 5.74) is 0. The number of hydrogen-bond acceptors (Lipinski definition) is 2. The highest BCUT2D eigenvalue weighted by molar-refractivity contribution is 6.53. The minimum absolute atomic E-state index is 0.500. The van der Waals surface area contributed by atoms with Gasteiger partial charge in [-0.1, -0.05) is 0 Å². The molecule has 0 aromatic heterocycles. The molecule has 0 amide bonds. The summed E-state index contributed by atoms with van der Waals surface area (Å²) in [4.78, 5) is 9.00. The van der Waals surface area contributed by atoms with Gasteiger partial charge < -0.3 is 9.90 Å². The Labute approximate surface area is 24.8 Å². The molecule has 0 unspecified atom stereocenters. The maximum Gasteiger partial charge on any atom is -0.00113 e. The normalized spacial score (nSPS) is 6.25.